The van der Waals surface area contributed by atoms with Crippen LogP contribution in [0.2, 0.25) is 5.02 Å². The van der Waals surface area contributed by atoms with E-state index in [1.807, 2.05) is 18.2 Å². The summed E-state index contributed by atoms with van der Waals surface area (Å²) in [6.45, 7) is 0.0196. The first kappa shape index (κ1) is 13.1. The van der Waals surface area contributed by atoms with Crippen LogP contribution in [0.5, 0.6) is 0 Å². The fraction of sp³-hybridized carbons (Fsp3) is 0.0769. The smallest absolute Gasteiger partial charge is 0.262 e. The molecule has 0 aliphatic carbocycles. The zero-order valence-electron chi connectivity index (χ0n) is 9.41. The molecule has 0 aliphatic heterocycles. The fourth-order valence-electron chi connectivity index (χ4n) is 1.39. The summed E-state index contributed by atoms with van der Waals surface area (Å²) in [6, 6.07) is 15.0. The van der Waals surface area contributed by atoms with E-state index in [1.165, 1.54) is 24.3 Å². The molecule has 0 radical (unpaired) electrons. The minimum Gasteiger partial charge on any atom is -0.262 e. The topological polar surface area (TPSA) is 43.4 Å². The van der Waals surface area contributed by atoms with E-state index in [-0.39, 0.29) is 11.5 Å². The molecule has 94 valence electrons. The molecule has 18 heavy (non-hydrogen) atoms. The predicted octanol–water partition coefficient (Wildman–Crippen LogP) is 3.25. The maximum atomic E-state index is 11.9. The summed E-state index contributed by atoms with van der Waals surface area (Å²) in [6.07, 6.45) is 0. The Labute approximate surface area is 111 Å². The third kappa shape index (κ3) is 3.32. The van der Waals surface area contributed by atoms with E-state index in [1.54, 1.807) is 12.1 Å². The molecule has 0 heterocycles. The van der Waals surface area contributed by atoms with Gasteiger partial charge in [-0.3, -0.25) is 4.18 Å². The standard InChI is InChI=1S/C13H11ClO3S/c14-12-6-8-13(9-7-12)18(15,16)17-10-11-4-2-1-3-5-11/h1-9H,10H2. The van der Waals surface area contributed by atoms with Crippen molar-refractivity contribution in [2.24, 2.45) is 0 Å². The van der Waals surface area contributed by atoms with Crippen LogP contribution in [0, 0.1) is 0 Å². The highest BCUT2D eigenvalue weighted by Gasteiger charge is 2.14. The predicted molar refractivity (Wildman–Crippen MR) is 69.9 cm³/mol. The van der Waals surface area contributed by atoms with Gasteiger partial charge in [0.2, 0.25) is 0 Å². The first-order chi connectivity index (χ1) is 8.58. The van der Waals surface area contributed by atoms with Crippen molar-refractivity contribution < 1.29 is 12.6 Å². The maximum Gasteiger partial charge on any atom is 0.297 e. The van der Waals surface area contributed by atoms with Crippen LogP contribution < -0.4 is 0 Å². The Balaban J connectivity index is 2.11. The summed E-state index contributed by atoms with van der Waals surface area (Å²) < 4.78 is 28.7. The van der Waals surface area contributed by atoms with Gasteiger partial charge in [-0.05, 0) is 29.8 Å². The van der Waals surface area contributed by atoms with E-state index in [0.717, 1.165) is 5.56 Å². The van der Waals surface area contributed by atoms with Crippen LogP contribution in [0.25, 0.3) is 0 Å². The van der Waals surface area contributed by atoms with E-state index in [2.05, 4.69) is 0 Å². The van der Waals surface area contributed by atoms with Crippen LogP contribution >= 0.6 is 11.6 Å². The second kappa shape index (κ2) is 5.52. The Morgan fingerprint density at radius 2 is 1.56 bits per heavy atom. The average Bonchev–Trinajstić information content (AvgIpc) is 2.38. The quantitative estimate of drug-likeness (QED) is 0.809. The van der Waals surface area contributed by atoms with Crippen molar-refractivity contribution in [1.29, 1.82) is 0 Å². The molecule has 0 saturated carbocycles. The van der Waals surface area contributed by atoms with Crippen LogP contribution in [-0.4, -0.2) is 8.42 Å². The Hall–Kier alpha value is -1.36. The van der Waals surface area contributed by atoms with Crippen LogP contribution in [0.1, 0.15) is 5.56 Å². The van der Waals surface area contributed by atoms with Gasteiger partial charge >= 0.3 is 0 Å². The lowest BCUT2D eigenvalue weighted by atomic mass is 10.2. The Kier molecular flexibility index (Phi) is 4.01. The van der Waals surface area contributed by atoms with Crippen LogP contribution in [0.4, 0.5) is 0 Å². The maximum absolute atomic E-state index is 11.9. The summed E-state index contributed by atoms with van der Waals surface area (Å²) >= 11 is 5.70. The first-order valence-electron chi connectivity index (χ1n) is 5.27. The molecule has 0 spiro atoms. The van der Waals surface area contributed by atoms with Crippen molar-refractivity contribution in [3.8, 4) is 0 Å². The van der Waals surface area contributed by atoms with Crippen LogP contribution in [-0.2, 0) is 20.9 Å². The molecule has 0 aromatic heterocycles. The Morgan fingerprint density at radius 1 is 0.944 bits per heavy atom. The molecule has 0 bridgehead atoms. The fourth-order valence-corrected chi connectivity index (χ4v) is 2.41. The SMILES string of the molecule is O=S(=O)(OCc1ccccc1)c1ccc(Cl)cc1. The van der Waals surface area contributed by atoms with Gasteiger partial charge in [-0.1, -0.05) is 41.9 Å². The van der Waals surface area contributed by atoms with Crippen molar-refractivity contribution in [2.75, 3.05) is 0 Å². The van der Waals surface area contributed by atoms with Gasteiger partial charge < -0.3 is 0 Å². The van der Waals surface area contributed by atoms with Gasteiger partial charge in [0.1, 0.15) is 0 Å². The van der Waals surface area contributed by atoms with E-state index >= 15 is 0 Å². The number of hydrogen-bond donors (Lipinski definition) is 0. The number of benzene rings is 2. The molecule has 2 rings (SSSR count). The summed E-state index contributed by atoms with van der Waals surface area (Å²) in [7, 11) is -3.73. The van der Waals surface area contributed by atoms with Crippen molar-refractivity contribution in [3.63, 3.8) is 0 Å². The van der Waals surface area contributed by atoms with Gasteiger partial charge in [-0.2, -0.15) is 8.42 Å². The van der Waals surface area contributed by atoms with Gasteiger partial charge in [0.25, 0.3) is 10.1 Å². The number of halogens is 1. The summed E-state index contributed by atoms with van der Waals surface area (Å²) in [5.41, 5.74) is 0.801. The molecule has 0 amide bonds. The van der Waals surface area contributed by atoms with E-state index in [4.69, 9.17) is 15.8 Å². The molecule has 0 saturated heterocycles. The Morgan fingerprint density at radius 3 is 2.17 bits per heavy atom. The lowest BCUT2D eigenvalue weighted by Gasteiger charge is -2.05. The molecule has 0 aliphatic rings. The summed E-state index contributed by atoms with van der Waals surface area (Å²) in [4.78, 5) is 0.0998. The largest absolute Gasteiger partial charge is 0.297 e. The molecule has 5 heteroatoms. The lowest BCUT2D eigenvalue weighted by Crippen LogP contribution is -2.06. The molecule has 3 nitrogen and oxygen atoms in total. The molecular formula is C13H11ClO3S. The van der Waals surface area contributed by atoms with Crippen LogP contribution in [0.3, 0.4) is 0 Å². The minimum absolute atomic E-state index is 0.0196. The highest BCUT2D eigenvalue weighted by molar-refractivity contribution is 7.86. The molecule has 0 N–H and O–H groups in total. The summed E-state index contributed by atoms with van der Waals surface area (Å²) in [5.74, 6) is 0. The molecule has 2 aromatic rings. The molecular weight excluding hydrogens is 272 g/mol. The molecule has 0 fully saturated rings. The highest BCUT2D eigenvalue weighted by Crippen LogP contribution is 2.17. The monoisotopic (exact) mass is 282 g/mol. The third-order valence-electron chi connectivity index (χ3n) is 2.33. The third-order valence-corrected chi connectivity index (χ3v) is 3.86. The van der Waals surface area contributed by atoms with Crippen molar-refractivity contribution >= 4 is 21.7 Å². The Bertz CT molecular complexity index is 606. The van der Waals surface area contributed by atoms with Gasteiger partial charge in [-0.25, -0.2) is 0 Å². The zero-order chi connectivity index (χ0) is 13.0. The zero-order valence-corrected chi connectivity index (χ0v) is 11.0. The van der Waals surface area contributed by atoms with Gasteiger partial charge in [0.15, 0.2) is 0 Å². The lowest BCUT2D eigenvalue weighted by molar-refractivity contribution is 0.308. The minimum atomic E-state index is -3.73. The molecule has 0 unspecified atom stereocenters. The summed E-state index contributed by atoms with van der Waals surface area (Å²) in [5, 5.41) is 0.483. The van der Waals surface area contributed by atoms with Crippen molar-refractivity contribution in [2.45, 2.75) is 11.5 Å². The molecule has 0 atom stereocenters. The van der Waals surface area contributed by atoms with Gasteiger partial charge in [0.05, 0.1) is 11.5 Å². The highest BCUT2D eigenvalue weighted by atomic mass is 35.5. The van der Waals surface area contributed by atoms with E-state index < -0.39 is 10.1 Å². The number of rotatable bonds is 4. The normalized spacial score (nSPS) is 11.4. The first-order valence-corrected chi connectivity index (χ1v) is 7.05. The number of hydrogen-bond acceptors (Lipinski definition) is 3. The van der Waals surface area contributed by atoms with E-state index in [0.29, 0.717) is 5.02 Å². The second-order valence-electron chi connectivity index (χ2n) is 3.66. The van der Waals surface area contributed by atoms with Gasteiger partial charge in [-0.15, -0.1) is 0 Å². The van der Waals surface area contributed by atoms with Crippen molar-refractivity contribution in [3.05, 3.63) is 65.2 Å². The van der Waals surface area contributed by atoms with Crippen molar-refractivity contribution in [1.82, 2.24) is 0 Å². The average molecular weight is 283 g/mol. The van der Waals surface area contributed by atoms with Crippen LogP contribution in [0.15, 0.2) is 59.5 Å². The van der Waals surface area contributed by atoms with Gasteiger partial charge in [0, 0.05) is 5.02 Å². The second-order valence-corrected chi connectivity index (χ2v) is 5.71. The molecule has 2 aromatic carbocycles. The van der Waals surface area contributed by atoms with E-state index in [9.17, 15) is 8.42 Å².